The smallest absolute Gasteiger partial charge is 0.271 e. The second-order valence-electron chi connectivity index (χ2n) is 6.29. The zero-order chi connectivity index (χ0) is 16.2. The molecule has 0 atom stereocenters. The number of likely N-dealkylation sites (tertiary alicyclic amines) is 1. The lowest BCUT2D eigenvalue weighted by atomic mass is 10.0. The topological polar surface area (TPSA) is 76.5 Å². The summed E-state index contributed by atoms with van der Waals surface area (Å²) < 4.78 is 6.22. The number of rotatable bonds is 6. The molecule has 1 saturated carbocycles. The van der Waals surface area contributed by atoms with E-state index in [9.17, 15) is 9.59 Å². The van der Waals surface area contributed by atoms with E-state index in [-0.39, 0.29) is 23.2 Å². The molecule has 23 heavy (non-hydrogen) atoms. The van der Waals surface area contributed by atoms with E-state index in [1.54, 1.807) is 7.11 Å². The maximum atomic E-state index is 12.3. The normalized spacial score (nSPS) is 19.7. The number of hydrogen-bond acceptors (Lipinski definition) is 5. The largest absolute Gasteiger partial charge is 0.383 e. The number of nitrogens with zero attached hydrogens (tertiary/aromatic N) is 3. The molecule has 2 heterocycles. The molecule has 2 aliphatic rings. The van der Waals surface area contributed by atoms with Crippen molar-refractivity contribution in [2.24, 2.45) is 0 Å². The number of carbonyl (C=O) groups excluding carboxylic acids is 1. The minimum atomic E-state index is -0.226. The van der Waals surface area contributed by atoms with Crippen molar-refractivity contribution >= 4 is 5.91 Å². The Morgan fingerprint density at radius 1 is 1.30 bits per heavy atom. The van der Waals surface area contributed by atoms with E-state index < -0.39 is 0 Å². The highest BCUT2D eigenvalue weighted by atomic mass is 16.5. The van der Waals surface area contributed by atoms with E-state index in [4.69, 9.17) is 4.74 Å². The SMILES string of the molecule is COCCn1nc(C(=O)NC2CCN(C3CC3)CC2)ccc1=O. The minimum Gasteiger partial charge on any atom is -0.383 e. The molecule has 7 nitrogen and oxygen atoms in total. The lowest BCUT2D eigenvalue weighted by Gasteiger charge is -2.32. The molecule has 2 fully saturated rings. The molecule has 126 valence electrons. The number of ether oxygens (including phenoxy) is 1. The Kier molecular flexibility index (Phi) is 5.07. The molecule has 1 aliphatic heterocycles. The summed E-state index contributed by atoms with van der Waals surface area (Å²) in [6, 6.07) is 3.85. The third kappa shape index (κ3) is 4.17. The van der Waals surface area contributed by atoms with Crippen molar-refractivity contribution in [1.29, 1.82) is 0 Å². The molecule has 0 aromatic carbocycles. The van der Waals surface area contributed by atoms with Gasteiger partial charge in [0.1, 0.15) is 5.69 Å². The van der Waals surface area contributed by atoms with Crippen LogP contribution in [0.3, 0.4) is 0 Å². The summed E-state index contributed by atoms with van der Waals surface area (Å²) in [4.78, 5) is 26.6. The quantitative estimate of drug-likeness (QED) is 0.813. The van der Waals surface area contributed by atoms with Crippen LogP contribution in [0.5, 0.6) is 0 Å². The third-order valence-electron chi connectivity index (χ3n) is 4.53. The summed E-state index contributed by atoms with van der Waals surface area (Å²) in [5, 5.41) is 7.17. The van der Waals surface area contributed by atoms with Gasteiger partial charge in [-0.3, -0.25) is 9.59 Å². The Balaban J connectivity index is 1.56. The Morgan fingerprint density at radius 3 is 2.70 bits per heavy atom. The number of piperidine rings is 1. The van der Waals surface area contributed by atoms with Gasteiger partial charge in [-0.1, -0.05) is 0 Å². The average molecular weight is 320 g/mol. The highest BCUT2D eigenvalue weighted by Crippen LogP contribution is 2.29. The fraction of sp³-hybridized carbons (Fsp3) is 0.688. The van der Waals surface area contributed by atoms with Crippen LogP contribution < -0.4 is 10.9 Å². The molecule has 3 rings (SSSR count). The highest BCUT2D eigenvalue weighted by molar-refractivity contribution is 5.92. The monoisotopic (exact) mass is 320 g/mol. The van der Waals surface area contributed by atoms with Crippen molar-refractivity contribution in [3.8, 4) is 0 Å². The Morgan fingerprint density at radius 2 is 2.04 bits per heavy atom. The van der Waals surface area contributed by atoms with E-state index in [0.717, 1.165) is 32.0 Å². The van der Waals surface area contributed by atoms with E-state index in [1.807, 2.05) is 0 Å². The van der Waals surface area contributed by atoms with E-state index in [1.165, 1.54) is 29.7 Å². The summed E-state index contributed by atoms with van der Waals surface area (Å²) in [6.07, 6.45) is 4.60. The molecule has 7 heteroatoms. The van der Waals surface area contributed by atoms with Crippen LogP contribution in [0.1, 0.15) is 36.2 Å². The molecule has 1 amide bonds. The van der Waals surface area contributed by atoms with Crippen LogP contribution in [-0.2, 0) is 11.3 Å². The summed E-state index contributed by atoms with van der Waals surface area (Å²) in [7, 11) is 1.57. The molecule has 0 radical (unpaired) electrons. The number of amides is 1. The number of methoxy groups -OCH3 is 1. The van der Waals surface area contributed by atoms with Crippen LogP contribution >= 0.6 is 0 Å². The first kappa shape index (κ1) is 16.1. The summed E-state index contributed by atoms with van der Waals surface area (Å²) in [5.41, 5.74) is 0.0571. The molecule has 1 aliphatic carbocycles. The van der Waals surface area contributed by atoms with Gasteiger partial charge < -0.3 is 15.0 Å². The van der Waals surface area contributed by atoms with Crippen molar-refractivity contribution < 1.29 is 9.53 Å². The van der Waals surface area contributed by atoms with E-state index in [0.29, 0.717) is 13.2 Å². The second kappa shape index (κ2) is 7.23. The zero-order valence-corrected chi connectivity index (χ0v) is 13.5. The van der Waals surface area contributed by atoms with Gasteiger partial charge >= 0.3 is 0 Å². The maximum absolute atomic E-state index is 12.3. The molecule has 0 bridgehead atoms. The summed E-state index contributed by atoms with van der Waals surface area (Å²) in [5.74, 6) is -0.207. The predicted octanol–water partition coefficient (Wildman–Crippen LogP) is 0.246. The summed E-state index contributed by atoms with van der Waals surface area (Å²) in [6.45, 7) is 2.83. The van der Waals surface area contributed by atoms with Crippen LogP contribution in [0.2, 0.25) is 0 Å². The predicted molar refractivity (Wildman–Crippen MR) is 85.5 cm³/mol. The van der Waals surface area contributed by atoms with Gasteiger partial charge in [-0.25, -0.2) is 4.68 Å². The van der Waals surface area contributed by atoms with Crippen LogP contribution in [0.25, 0.3) is 0 Å². The first-order valence-corrected chi connectivity index (χ1v) is 8.29. The van der Waals surface area contributed by atoms with Crippen molar-refractivity contribution in [2.75, 3.05) is 26.8 Å². The van der Waals surface area contributed by atoms with Crippen LogP contribution in [0.4, 0.5) is 0 Å². The van der Waals surface area contributed by atoms with E-state index in [2.05, 4.69) is 15.3 Å². The fourth-order valence-corrected chi connectivity index (χ4v) is 3.02. The molecule has 0 spiro atoms. The first-order chi connectivity index (χ1) is 11.2. The molecule has 1 aromatic rings. The van der Waals surface area contributed by atoms with Crippen LogP contribution in [0.15, 0.2) is 16.9 Å². The lowest BCUT2D eigenvalue weighted by molar-refractivity contribution is 0.0900. The number of hydrogen-bond donors (Lipinski definition) is 1. The highest BCUT2D eigenvalue weighted by Gasteiger charge is 2.32. The second-order valence-corrected chi connectivity index (χ2v) is 6.29. The molecular formula is C16H24N4O3. The molecular weight excluding hydrogens is 296 g/mol. The van der Waals surface area contributed by atoms with Crippen LogP contribution in [-0.4, -0.2) is 59.5 Å². The molecule has 1 saturated heterocycles. The van der Waals surface area contributed by atoms with Gasteiger partial charge in [0.25, 0.3) is 11.5 Å². The Bertz CT molecular complexity index is 604. The van der Waals surface area contributed by atoms with Gasteiger partial charge in [-0.2, -0.15) is 5.10 Å². The van der Waals surface area contributed by atoms with Crippen molar-refractivity contribution in [3.63, 3.8) is 0 Å². The Labute approximate surface area is 135 Å². The van der Waals surface area contributed by atoms with Gasteiger partial charge in [0.15, 0.2) is 0 Å². The van der Waals surface area contributed by atoms with Crippen molar-refractivity contribution in [3.05, 3.63) is 28.2 Å². The van der Waals surface area contributed by atoms with Gasteiger partial charge in [0, 0.05) is 38.3 Å². The Hall–Kier alpha value is -1.73. The zero-order valence-electron chi connectivity index (χ0n) is 13.5. The van der Waals surface area contributed by atoms with Gasteiger partial charge in [0.2, 0.25) is 0 Å². The number of aromatic nitrogens is 2. The van der Waals surface area contributed by atoms with E-state index >= 15 is 0 Å². The third-order valence-corrected chi connectivity index (χ3v) is 4.53. The fourth-order valence-electron chi connectivity index (χ4n) is 3.02. The van der Waals surface area contributed by atoms with Gasteiger partial charge in [-0.05, 0) is 31.7 Å². The molecule has 0 unspecified atom stereocenters. The number of carbonyl (C=O) groups is 1. The van der Waals surface area contributed by atoms with Crippen LogP contribution in [0, 0.1) is 0 Å². The molecule has 1 N–H and O–H groups in total. The maximum Gasteiger partial charge on any atom is 0.271 e. The number of nitrogens with one attached hydrogen (secondary N) is 1. The van der Waals surface area contributed by atoms with Crippen molar-refractivity contribution in [1.82, 2.24) is 20.0 Å². The average Bonchev–Trinajstić information content (AvgIpc) is 3.39. The first-order valence-electron chi connectivity index (χ1n) is 8.29. The molecule has 1 aromatic heterocycles. The minimum absolute atomic E-state index is 0.193. The summed E-state index contributed by atoms with van der Waals surface area (Å²) >= 11 is 0. The van der Waals surface area contributed by atoms with Gasteiger partial charge in [-0.15, -0.1) is 0 Å². The standard InChI is InChI=1S/C16H24N4O3/c1-23-11-10-20-15(21)5-4-14(18-20)16(22)17-12-6-8-19(9-7-12)13-2-3-13/h4-5,12-13H,2-3,6-11H2,1H3,(H,17,22). The lowest BCUT2D eigenvalue weighted by Crippen LogP contribution is -2.45. The van der Waals surface area contributed by atoms with Crippen molar-refractivity contribution in [2.45, 2.75) is 44.3 Å². The van der Waals surface area contributed by atoms with Gasteiger partial charge in [0.05, 0.1) is 13.2 Å².